The molecule has 1 atom stereocenters. The lowest BCUT2D eigenvalue weighted by Gasteiger charge is -2.40. The van der Waals surface area contributed by atoms with Crippen LogP contribution in [-0.2, 0) is 5.41 Å². The summed E-state index contributed by atoms with van der Waals surface area (Å²) in [5, 5.41) is 7.10. The van der Waals surface area contributed by atoms with Gasteiger partial charge < -0.3 is 15.5 Å². The van der Waals surface area contributed by atoms with Crippen LogP contribution in [0.2, 0.25) is 0 Å². The number of aliphatic imine (C=N–C) groups is 1. The van der Waals surface area contributed by atoms with Crippen LogP contribution in [0.1, 0.15) is 39.2 Å². The van der Waals surface area contributed by atoms with E-state index in [1.165, 1.54) is 18.4 Å². The summed E-state index contributed by atoms with van der Waals surface area (Å²) >= 11 is 0. The molecule has 2 fully saturated rings. The molecule has 1 saturated heterocycles. The summed E-state index contributed by atoms with van der Waals surface area (Å²) in [6.45, 7) is 14.2. The Balaban J connectivity index is 1.59. The zero-order valence-electron chi connectivity index (χ0n) is 18.2. The van der Waals surface area contributed by atoms with Crippen LogP contribution in [-0.4, -0.2) is 74.7 Å². The Morgan fingerprint density at radius 2 is 1.75 bits per heavy atom. The fourth-order valence-electron chi connectivity index (χ4n) is 4.19. The van der Waals surface area contributed by atoms with Crippen LogP contribution < -0.4 is 10.6 Å². The monoisotopic (exact) mass is 385 g/mol. The van der Waals surface area contributed by atoms with Gasteiger partial charge in [-0.2, -0.15) is 0 Å². The van der Waals surface area contributed by atoms with Crippen molar-refractivity contribution in [1.82, 2.24) is 20.4 Å². The van der Waals surface area contributed by atoms with Gasteiger partial charge in [-0.1, -0.05) is 44.2 Å². The zero-order valence-corrected chi connectivity index (χ0v) is 18.2. The van der Waals surface area contributed by atoms with Crippen LogP contribution in [0.15, 0.2) is 35.3 Å². The van der Waals surface area contributed by atoms with E-state index in [-0.39, 0.29) is 5.41 Å². The maximum absolute atomic E-state index is 4.98. The van der Waals surface area contributed by atoms with Gasteiger partial charge in [-0.15, -0.1) is 0 Å². The summed E-state index contributed by atoms with van der Waals surface area (Å²) < 4.78 is 0. The van der Waals surface area contributed by atoms with Crippen molar-refractivity contribution in [3.05, 3.63) is 35.9 Å². The van der Waals surface area contributed by atoms with E-state index < -0.39 is 0 Å². The molecule has 2 aliphatic rings. The molecule has 1 aromatic carbocycles. The summed E-state index contributed by atoms with van der Waals surface area (Å²) in [7, 11) is 2.22. The highest BCUT2D eigenvalue weighted by atomic mass is 15.3. The average molecular weight is 386 g/mol. The first-order valence-corrected chi connectivity index (χ1v) is 11.0. The molecule has 0 spiro atoms. The SMILES string of the molecule is CCNC(=NCC1(c2ccccc2)CC1)NCC(C(C)C)N1CCN(C)CC1. The van der Waals surface area contributed by atoms with Crippen molar-refractivity contribution in [2.45, 2.75) is 45.1 Å². The number of guanidine groups is 1. The second kappa shape index (κ2) is 9.75. The van der Waals surface area contributed by atoms with Gasteiger partial charge in [-0.05, 0) is 38.3 Å². The number of piperazine rings is 1. The van der Waals surface area contributed by atoms with Crippen molar-refractivity contribution in [1.29, 1.82) is 0 Å². The fraction of sp³-hybridized carbons (Fsp3) is 0.696. The van der Waals surface area contributed by atoms with Crippen molar-refractivity contribution in [3.8, 4) is 0 Å². The summed E-state index contributed by atoms with van der Waals surface area (Å²) in [6.07, 6.45) is 2.49. The van der Waals surface area contributed by atoms with Crippen LogP contribution in [0.3, 0.4) is 0 Å². The predicted molar refractivity (Wildman–Crippen MR) is 119 cm³/mol. The van der Waals surface area contributed by atoms with Gasteiger partial charge in [0.1, 0.15) is 0 Å². The minimum Gasteiger partial charge on any atom is -0.357 e. The van der Waals surface area contributed by atoms with Gasteiger partial charge in [0, 0.05) is 50.7 Å². The fourth-order valence-corrected chi connectivity index (χ4v) is 4.19. The number of nitrogens with one attached hydrogen (secondary N) is 2. The van der Waals surface area contributed by atoms with Crippen LogP contribution in [0.25, 0.3) is 0 Å². The number of rotatable bonds is 8. The Morgan fingerprint density at radius 1 is 1.07 bits per heavy atom. The third kappa shape index (κ3) is 5.48. The average Bonchev–Trinajstić information content (AvgIpc) is 3.49. The van der Waals surface area contributed by atoms with Crippen LogP contribution >= 0.6 is 0 Å². The van der Waals surface area contributed by atoms with Crippen LogP contribution in [0.4, 0.5) is 0 Å². The molecule has 1 heterocycles. The largest absolute Gasteiger partial charge is 0.357 e. The summed E-state index contributed by atoms with van der Waals surface area (Å²) in [5.74, 6) is 1.59. The van der Waals surface area contributed by atoms with E-state index in [9.17, 15) is 0 Å². The third-order valence-electron chi connectivity index (χ3n) is 6.38. The van der Waals surface area contributed by atoms with Gasteiger partial charge in [0.15, 0.2) is 5.96 Å². The molecule has 3 rings (SSSR count). The molecule has 1 aromatic rings. The third-order valence-corrected chi connectivity index (χ3v) is 6.38. The van der Waals surface area contributed by atoms with Gasteiger partial charge in [-0.3, -0.25) is 9.89 Å². The lowest BCUT2D eigenvalue weighted by Crippen LogP contribution is -2.55. The Kier molecular flexibility index (Phi) is 7.36. The molecule has 2 N–H and O–H groups in total. The van der Waals surface area contributed by atoms with Crippen molar-refractivity contribution < 1.29 is 0 Å². The van der Waals surface area contributed by atoms with Gasteiger partial charge in [-0.25, -0.2) is 0 Å². The summed E-state index contributed by atoms with van der Waals surface area (Å²) in [6, 6.07) is 11.4. The zero-order chi connectivity index (χ0) is 20.0. The summed E-state index contributed by atoms with van der Waals surface area (Å²) in [4.78, 5) is 10.0. The Hall–Kier alpha value is -1.59. The number of hydrogen-bond acceptors (Lipinski definition) is 3. The van der Waals surface area contributed by atoms with Gasteiger partial charge in [0.05, 0.1) is 6.54 Å². The highest BCUT2D eigenvalue weighted by Crippen LogP contribution is 2.48. The van der Waals surface area contributed by atoms with Gasteiger partial charge in [0.25, 0.3) is 0 Å². The van der Waals surface area contributed by atoms with Crippen molar-refractivity contribution >= 4 is 5.96 Å². The number of likely N-dealkylation sites (N-methyl/N-ethyl adjacent to an activating group) is 1. The molecule has 28 heavy (non-hydrogen) atoms. The molecule has 0 aromatic heterocycles. The molecule has 1 aliphatic heterocycles. The molecule has 1 unspecified atom stereocenters. The number of nitrogens with zero attached hydrogens (tertiary/aromatic N) is 3. The molecule has 1 aliphatic carbocycles. The minimum atomic E-state index is 0.262. The van der Waals surface area contributed by atoms with E-state index in [1.807, 2.05) is 0 Å². The quantitative estimate of drug-likeness (QED) is 0.533. The van der Waals surface area contributed by atoms with Crippen molar-refractivity contribution in [3.63, 3.8) is 0 Å². The molecular weight excluding hydrogens is 346 g/mol. The Labute approximate surface area is 171 Å². The number of hydrogen-bond donors (Lipinski definition) is 2. The molecular formula is C23H39N5. The standard InChI is InChI=1S/C23H39N5/c1-5-24-22(26-18-23(11-12-23)20-9-7-6-8-10-20)25-17-21(19(2)3)28-15-13-27(4)14-16-28/h6-10,19,21H,5,11-18H2,1-4H3,(H2,24,25,26). The molecule has 156 valence electrons. The van der Waals surface area contributed by atoms with E-state index in [4.69, 9.17) is 4.99 Å². The van der Waals surface area contributed by atoms with Gasteiger partial charge >= 0.3 is 0 Å². The lowest BCUT2D eigenvalue weighted by molar-refractivity contribution is 0.0900. The van der Waals surface area contributed by atoms with E-state index in [0.717, 1.165) is 51.8 Å². The predicted octanol–water partition coefficient (Wildman–Crippen LogP) is 2.55. The maximum atomic E-state index is 4.98. The molecule has 5 heteroatoms. The highest BCUT2D eigenvalue weighted by molar-refractivity contribution is 5.79. The smallest absolute Gasteiger partial charge is 0.191 e. The van der Waals surface area contributed by atoms with Gasteiger partial charge in [0.2, 0.25) is 0 Å². The van der Waals surface area contributed by atoms with E-state index in [1.54, 1.807) is 0 Å². The first-order valence-electron chi connectivity index (χ1n) is 11.0. The highest BCUT2D eigenvalue weighted by Gasteiger charge is 2.44. The number of benzene rings is 1. The molecule has 0 amide bonds. The van der Waals surface area contributed by atoms with E-state index in [0.29, 0.717) is 12.0 Å². The maximum Gasteiger partial charge on any atom is 0.191 e. The Morgan fingerprint density at radius 3 is 2.32 bits per heavy atom. The first-order chi connectivity index (χ1) is 13.5. The minimum absolute atomic E-state index is 0.262. The second-order valence-corrected chi connectivity index (χ2v) is 8.87. The van der Waals surface area contributed by atoms with E-state index in [2.05, 4.69) is 78.6 Å². The van der Waals surface area contributed by atoms with Crippen molar-refractivity contribution in [2.75, 3.05) is 52.9 Å². The second-order valence-electron chi connectivity index (χ2n) is 8.87. The first kappa shape index (κ1) is 21.1. The van der Waals surface area contributed by atoms with Crippen LogP contribution in [0.5, 0.6) is 0 Å². The van der Waals surface area contributed by atoms with E-state index >= 15 is 0 Å². The normalized spacial score (nSPS) is 21.5. The molecule has 5 nitrogen and oxygen atoms in total. The lowest BCUT2D eigenvalue weighted by atomic mass is 9.96. The van der Waals surface area contributed by atoms with Crippen LogP contribution in [0, 0.1) is 5.92 Å². The summed E-state index contributed by atoms with van der Waals surface area (Å²) in [5.41, 5.74) is 1.70. The molecule has 0 bridgehead atoms. The molecule has 0 radical (unpaired) electrons. The topological polar surface area (TPSA) is 42.9 Å². The molecule has 1 saturated carbocycles. The Bertz CT molecular complexity index is 615. The van der Waals surface area contributed by atoms with Crippen molar-refractivity contribution in [2.24, 2.45) is 10.9 Å².